The van der Waals surface area contributed by atoms with Crippen molar-refractivity contribution < 1.29 is 33.6 Å². The monoisotopic (exact) mass is 364 g/mol. The van der Waals surface area contributed by atoms with Crippen molar-refractivity contribution >= 4 is 11.6 Å². The molecule has 0 atom stereocenters. The Kier molecular flexibility index (Phi) is 5.59. The van der Waals surface area contributed by atoms with Gasteiger partial charge in [-0.25, -0.2) is 0 Å². The summed E-state index contributed by atoms with van der Waals surface area (Å²) in [6.45, 7) is 2.12. The van der Waals surface area contributed by atoms with Crippen LogP contribution in [0.15, 0.2) is 48.5 Å². The van der Waals surface area contributed by atoms with Crippen molar-refractivity contribution in [2.75, 3.05) is 0 Å². The number of rotatable bonds is 2. The Balaban J connectivity index is 0.00000128. The molecule has 84 valence electrons. The maximum absolute atomic E-state index is 5.85. The first kappa shape index (κ1) is 13.8. The van der Waals surface area contributed by atoms with E-state index in [0.29, 0.717) is 0 Å². The van der Waals surface area contributed by atoms with Gasteiger partial charge in [0.1, 0.15) is 0 Å². The summed E-state index contributed by atoms with van der Waals surface area (Å²) in [5.74, 6) is 0. The molecule has 0 aromatic heterocycles. The molecule has 0 N–H and O–H groups in total. The molecule has 0 aliphatic heterocycles. The molecule has 0 fully saturated rings. The Labute approximate surface area is 118 Å². The molecule has 0 bridgehead atoms. The highest BCUT2D eigenvalue weighted by Gasteiger charge is 2.14. The van der Waals surface area contributed by atoms with Crippen LogP contribution in [-0.4, -0.2) is 0 Å². The second-order valence-corrected chi connectivity index (χ2v) is 6.79. The van der Waals surface area contributed by atoms with E-state index >= 15 is 0 Å². The first-order valence-electron chi connectivity index (χ1n) is 4.71. The number of aryl methyl sites for hydroxylation is 1. The van der Waals surface area contributed by atoms with E-state index in [9.17, 15) is 0 Å². The Morgan fingerprint density at radius 2 is 1.25 bits per heavy atom. The standard InChI is InChI=1S/C13H11ClI.ClH/c1-10-2-6-12(7-3-10)15-13-8-4-11(14)5-9-13;/h2-9H,1H3;1H/q+1;/p-1. The zero-order valence-electron chi connectivity index (χ0n) is 8.75. The molecular weight excluding hydrogens is 354 g/mol. The predicted octanol–water partition coefficient (Wildman–Crippen LogP) is -2.22. The summed E-state index contributed by atoms with van der Waals surface area (Å²) < 4.78 is 2.85. The molecule has 0 unspecified atom stereocenters. The second kappa shape index (κ2) is 6.48. The number of benzene rings is 2. The van der Waals surface area contributed by atoms with Crippen LogP contribution in [-0.2, 0) is 0 Å². The van der Waals surface area contributed by atoms with Crippen LogP contribution in [0.2, 0.25) is 5.02 Å². The van der Waals surface area contributed by atoms with Crippen molar-refractivity contribution in [3.63, 3.8) is 0 Å². The topological polar surface area (TPSA) is 0 Å². The highest BCUT2D eigenvalue weighted by molar-refractivity contribution is 6.30. The van der Waals surface area contributed by atoms with Gasteiger partial charge in [0.2, 0.25) is 0 Å². The van der Waals surface area contributed by atoms with Crippen LogP contribution in [0.5, 0.6) is 0 Å². The minimum atomic E-state index is -0.0555. The lowest BCUT2D eigenvalue weighted by Gasteiger charge is -1.90. The molecule has 0 heterocycles. The van der Waals surface area contributed by atoms with Crippen LogP contribution in [0, 0.1) is 14.1 Å². The molecule has 16 heavy (non-hydrogen) atoms. The Morgan fingerprint density at radius 1 is 0.812 bits per heavy atom. The van der Waals surface area contributed by atoms with E-state index in [2.05, 4.69) is 43.3 Å². The van der Waals surface area contributed by atoms with E-state index in [1.54, 1.807) is 0 Å². The molecule has 0 aliphatic rings. The lowest BCUT2D eigenvalue weighted by molar-refractivity contribution is -0.597. The van der Waals surface area contributed by atoms with E-state index in [1.807, 2.05) is 12.1 Å². The Hall–Kier alpha value is -0.250. The summed E-state index contributed by atoms with van der Waals surface area (Å²) in [4.78, 5) is 0. The molecule has 3 heteroatoms. The first-order chi connectivity index (χ1) is 7.24. The van der Waals surface area contributed by atoms with Gasteiger partial charge in [-0.1, -0.05) is 29.3 Å². The summed E-state index contributed by atoms with van der Waals surface area (Å²) in [5.41, 5.74) is 1.32. The Morgan fingerprint density at radius 3 is 1.75 bits per heavy atom. The van der Waals surface area contributed by atoms with E-state index in [4.69, 9.17) is 11.6 Å². The van der Waals surface area contributed by atoms with Crippen molar-refractivity contribution in [2.24, 2.45) is 0 Å². The molecule has 0 saturated carbocycles. The van der Waals surface area contributed by atoms with E-state index in [-0.39, 0.29) is 33.6 Å². The summed E-state index contributed by atoms with van der Waals surface area (Å²) in [6, 6.07) is 16.9. The van der Waals surface area contributed by atoms with Crippen molar-refractivity contribution in [1.82, 2.24) is 0 Å². The molecule has 0 saturated heterocycles. The fourth-order valence-electron chi connectivity index (χ4n) is 1.21. The zero-order valence-corrected chi connectivity index (χ0v) is 12.4. The van der Waals surface area contributed by atoms with Crippen LogP contribution < -0.4 is 33.6 Å². The van der Waals surface area contributed by atoms with Gasteiger partial charge in [0.15, 0.2) is 7.14 Å². The molecule has 0 nitrogen and oxygen atoms in total. The summed E-state index contributed by atoms with van der Waals surface area (Å²) >= 11 is 5.79. The molecule has 2 rings (SSSR count). The van der Waals surface area contributed by atoms with Gasteiger partial charge in [0, 0.05) is 5.02 Å². The van der Waals surface area contributed by atoms with Crippen LogP contribution >= 0.6 is 11.6 Å². The van der Waals surface area contributed by atoms with Gasteiger partial charge < -0.3 is 12.4 Å². The van der Waals surface area contributed by atoms with E-state index < -0.39 is 0 Å². The highest BCUT2D eigenvalue weighted by Crippen LogP contribution is 2.04. The maximum atomic E-state index is 5.85. The van der Waals surface area contributed by atoms with Crippen LogP contribution in [0.25, 0.3) is 0 Å². The normalized spacial score (nSPS) is 9.62. The van der Waals surface area contributed by atoms with E-state index in [0.717, 1.165) is 5.02 Å². The van der Waals surface area contributed by atoms with Gasteiger partial charge in [-0.15, -0.1) is 0 Å². The quantitative estimate of drug-likeness (QED) is 0.530. The fourth-order valence-corrected chi connectivity index (χ4v) is 3.50. The third kappa shape index (κ3) is 3.96. The number of hydrogen-bond acceptors (Lipinski definition) is 0. The molecule has 2 aromatic carbocycles. The lowest BCUT2D eigenvalue weighted by atomic mass is 10.2. The molecule has 2 aromatic rings. The predicted molar refractivity (Wildman–Crippen MR) is 60.0 cm³/mol. The zero-order chi connectivity index (χ0) is 10.7. The van der Waals surface area contributed by atoms with Gasteiger partial charge in [0.25, 0.3) is 0 Å². The lowest BCUT2D eigenvalue weighted by Crippen LogP contribution is -3.61. The van der Waals surface area contributed by atoms with Crippen molar-refractivity contribution in [1.29, 1.82) is 0 Å². The molecule has 0 radical (unpaired) electrons. The van der Waals surface area contributed by atoms with Crippen molar-refractivity contribution in [2.45, 2.75) is 6.92 Å². The third-order valence-electron chi connectivity index (χ3n) is 2.03. The number of halogens is 3. The molecular formula is C13H11Cl2I. The van der Waals surface area contributed by atoms with Crippen LogP contribution in [0.3, 0.4) is 0 Å². The second-order valence-electron chi connectivity index (χ2n) is 3.33. The molecule has 0 amide bonds. The van der Waals surface area contributed by atoms with E-state index in [1.165, 1.54) is 12.7 Å². The van der Waals surface area contributed by atoms with Crippen LogP contribution in [0.1, 0.15) is 5.56 Å². The largest absolute Gasteiger partial charge is 1.00 e. The third-order valence-corrected chi connectivity index (χ3v) is 4.97. The van der Waals surface area contributed by atoms with Gasteiger partial charge in [0.05, 0.1) is 0 Å². The highest BCUT2D eigenvalue weighted by atomic mass is 127. The molecule has 0 aliphatic carbocycles. The Bertz CT molecular complexity index is 391. The van der Waals surface area contributed by atoms with Crippen molar-refractivity contribution in [3.05, 3.63) is 66.3 Å². The van der Waals surface area contributed by atoms with Gasteiger partial charge in [-0.05, 0) is 43.3 Å². The first-order valence-corrected chi connectivity index (χ1v) is 7.25. The average molecular weight is 365 g/mol. The van der Waals surface area contributed by atoms with Crippen molar-refractivity contribution in [3.8, 4) is 0 Å². The fraction of sp³-hybridized carbons (Fsp3) is 0.0769. The van der Waals surface area contributed by atoms with Gasteiger partial charge >= 0.3 is 21.2 Å². The van der Waals surface area contributed by atoms with Gasteiger partial charge in [-0.3, -0.25) is 0 Å². The van der Waals surface area contributed by atoms with Crippen LogP contribution in [0.4, 0.5) is 0 Å². The maximum Gasteiger partial charge on any atom is 0.357 e. The summed E-state index contributed by atoms with van der Waals surface area (Å²) in [6.07, 6.45) is 0. The summed E-state index contributed by atoms with van der Waals surface area (Å²) in [7, 11) is 0. The average Bonchev–Trinajstić information content (AvgIpc) is 2.25. The SMILES string of the molecule is Cc1ccc([I+]c2ccc(Cl)cc2)cc1.[Cl-]. The minimum absolute atomic E-state index is 0. The minimum Gasteiger partial charge on any atom is -1.00 e. The number of hydrogen-bond donors (Lipinski definition) is 0. The summed E-state index contributed by atoms with van der Waals surface area (Å²) in [5, 5.41) is 0.812. The van der Waals surface area contributed by atoms with Gasteiger partial charge in [-0.2, -0.15) is 0 Å². The molecule has 0 spiro atoms. The smallest absolute Gasteiger partial charge is 0.357 e.